The highest BCUT2D eigenvalue weighted by atomic mass is 32.1. The molecule has 2 amide bonds. The zero-order valence-electron chi connectivity index (χ0n) is 18.7. The van der Waals surface area contributed by atoms with Crippen LogP contribution in [0.2, 0.25) is 0 Å². The average molecular weight is 458 g/mol. The quantitative estimate of drug-likeness (QED) is 0.371. The van der Waals surface area contributed by atoms with Crippen molar-refractivity contribution >= 4 is 34.8 Å². The maximum atomic E-state index is 12.9. The second kappa shape index (κ2) is 11.7. The number of hydrogen-bond acceptors (Lipinski definition) is 5. The van der Waals surface area contributed by atoms with Crippen LogP contribution in [0.15, 0.2) is 47.1 Å². The number of nitrogens with zero attached hydrogens (tertiary/aromatic N) is 2. The summed E-state index contributed by atoms with van der Waals surface area (Å²) in [6.07, 6.45) is 6.20. The molecular weight excluding hydrogens is 426 g/mol. The first-order chi connectivity index (χ1) is 15.5. The molecule has 1 atom stereocenters. The lowest BCUT2D eigenvalue weighted by molar-refractivity contribution is -0.130. The summed E-state index contributed by atoms with van der Waals surface area (Å²) >= 11 is 5.49. The van der Waals surface area contributed by atoms with Gasteiger partial charge in [-0.25, -0.2) is 0 Å². The number of carbonyl (C=O) groups excluding carboxylic acids is 2. The molecule has 1 aromatic heterocycles. The molecule has 1 aromatic carbocycles. The summed E-state index contributed by atoms with van der Waals surface area (Å²) in [5.74, 6) is 1.06. The lowest BCUT2D eigenvalue weighted by Gasteiger charge is -2.22. The summed E-state index contributed by atoms with van der Waals surface area (Å²) in [4.78, 5) is 28.9. The van der Waals surface area contributed by atoms with Crippen molar-refractivity contribution in [1.29, 1.82) is 0 Å². The van der Waals surface area contributed by atoms with E-state index in [1.807, 2.05) is 25.1 Å². The van der Waals surface area contributed by atoms with Crippen LogP contribution in [0, 0.1) is 0 Å². The number of ether oxygens (including phenoxy) is 1. The largest absolute Gasteiger partial charge is 0.494 e. The number of furan rings is 1. The first-order valence-electron chi connectivity index (χ1n) is 11.2. The van der Waals surface area contributed by atoms with Crippen molar-refractivity contribution in [3.63, 3.8) is 0 Å². The zero-order valence-corrected chi connectivity index (χ0v) is 19.5. The Morgan fingerprint density at radius 1 is 1.16 bits per heavy atom. The molecular formula is C24H31N3O4S. The van der Waals surface area contributed by atoms with Gasteiger partial charge in [-0.1, -0.05) is 26.2 Å². The lowest BCUT2D eigenvalue weighted by atomic mass is 10.1. The predicted octanol–water partition coefficient (Wildman–Crippen LogP) is 4.59. The Morgan fingerprint density at radius 2 is 1.94 bits per heavy atom. The minimum atomic E-state index is -0.654. The summed E-state index contributed by atoms with van der Waals surface area (Å²) in [6.45, 7) is 5.54. The standard InChI is InChI=1S/C24H31N3O4S/c1-3-5-6-7-14-30-19-12-10-18(11-13-19)25-22(28)16-21-23(29)26(4-2)24(32)27(21)17-20-9-8-15-31-20/h8-13,15,21H,3-7,14,16-17H2,1-2H3,(H,25,28)/t21-/m1/s1. The van der Waals surface area contributed by atoms with Crippen molar-refractivity contribution in [2.45, 2.75) is 58.5 Å². The van der Waals surface area contributed by atoms with Crippen LogP contribution in [-0.2, 0) is 16.1 Å². The number of nitrogens with one attached hydrogen (secondary N) is 1. The van der Waals surface area contributed by atoms with Crippen molar-refractivity contribution in [1.82, 2.24) is 9.80 Å². The molecule has 0 unspecified atom stereocenters. The normalized spacial score (nSPS) is 16.0. The van der Waals surface area contributed by atoms with E-state index < -0.39 is 6.04 Å². The summed E-state index contributed by atoms with van der Waals surface area (Å²) in [5.41, 5.74) is 0.659. The van der Waals surface area contributed by atoms with Crippen LogP contribution in [0.1, 0.15) is 51.7 Å². The molecule has 1 saturated heterocycles. The number of unbranched alkanes of at least 4 members (excludes halogenated alkanes) is 3. The molecule has 0 spiro atoms. The first kappa shape index (κ1) is 23.8. The molecule has 0 aliphatic carbocycles. The Balaban J connectivity index is 1.56. The van der Waals surface area contributed by atoms with Gasteiger partial charge in [0, 0.05) is 12.2 Å². The third kappa shape index (κ3) is 6.09. The molecule has 172 valence electrons. The Bertz CT molecular complexity index is 898. The van der Waals surface area contributed by atoms with Gasteiger partial charge in [0.2, 0.25) is 5.91 Å². The molecule has 1 fully saturated rings. The van der Waals surface area contributed by atoms with E-state index >= 15 is 0 Å². The molecule has 2 aromatic rings. The highest BCUT2D eigenvalue weighted by molar-refractivity contribution is 7.80. The third-order valence-electron chi connectivity index (χ3n) is 5.41. The van der Waals surface area contributed by atoms with E-state index in [1.54, 1.807) is 29.4 Å². The van der Waals surface area contributed by atoms with Crippen molar-refractivity contribution in [3.8, 4) is 5.75 Å². The maximum Gasteiger partial charge on any atom is 0.252 e. The average Bonchev–Trinajstić information content (AvgIpc) is 3.37. The zero-order chi connectivity index (χ0) is 22.9. The molecule has 1 N–H and O–H groups in total. The highest BCUT2D eigenvalue weighted by Crippen LogP contribution is 2.24. The van der Waals surface area contributed by atoms with Gasteiger partial charge in [-0.2, -0.15) is 0 Å². The van der Waals surface area contributed by atoms with Gasteiger partial charge in [0.25, 0.3) is 5.91 Å². The van der Waals surface area contributed by atoms with Gasteiger partial charge in [0.05, 0.1) is 25.8 Å². The van der Waals surface area contributed by atoms with E-state index in [0.29, 0.717) is 36.3 Å². The molecule has 3 rings (SSSR count). The van der Waals surface area contributed by atoms with Gasteiger partial charge in [-0.3, -0.25) is 14.5 Å². The SMILES string of the molecule is CCCCCCOc1ccc(NC(=O)C[C@@H]2C(=O)N(CC)C(=S)N2Cc2ccco2)cc1. The number of likely N-dealkylation sites (N-methyl/N-ethyl adjacent to an activating group) is 1. The van der Waals surface area contributed by atoms with Crippen LogP contribution in [0.5, 0.6) is 5.75 Å². The lowest BCUT2D eigenvalue weighted by Crippen LogP contribution is -2.37. The summed E-state index contributed by atoms with van der Waals surface area (Å²) in [5, 5.41) is 3.29. The van der Waals surface area contributed by atoms with Gasteiger partial charge in [0.15, 0.2) is 5.11 Å². The fourth-order valence-electron chi connectivity index (χ4n) is 3.67. The summed E-state index contributed by atoms with van der Waals surface area (Å²) < 4.78 is 11.2. The fourth-order valence-corrected chi connectivity index (χ4v) is 4.08. The number of thiocarbonyl (C=S) groups is 1. The second-order valence-electron chi connectivity index (χ2n) is 7.77. The number of benzene rings is 1. The fraction of sp³-hybridized carbons (Fsp3) is 0.458. The monoisotopic (exact) mass is 457 g/mol. The summed E-state index contributed by atoms with van der Waals surface area (Å²) in [7, 11) is 0. The molecule has 32 heavy (non-hydrogen) atoms. The van der Waals surface area contributed by atoms with E-state index in [4.69, 9.17) is 21.4 Å². The second-order valence-corrected chi connectivity index (χ2v) is 8.14. The topological polar surface area (TPSA) is 75.0 Å². The number of hydrogen-bond donors (Lipinski definition) is 1. The number of rotatable bonds is 12. The van der Waals surface area contributed by atoms with Crippen LogP contribution < -0.4 is 10.1 Å². The van der Waals surface area contributed by atoms with Gasteiger partial charge in [-0.05, 0) is 62.0 Å². The van der Waals surface area contributed by atoms with Gasteiger partial charge >= 0.3 is 0 Å². The Hall–Kier alpha value is -2.87. The number of anilines is 1. The molecule has 8 heteroatoms. The van der Waals surface area contributed by atoms with Crippen LogP contribution in [0.4, 0.5) is 5.69 Å². The third-order valence-corrected chi connectivity index (χ3v) is 5.86. The number of carbonyl (C=O) groups is 2. The highest BCUT2D eigenvalue weighted by Gasteiger charge is 2.42. The molecule has 0 saturated carbocycles. The first-order valence-corrected chi connectivity index (χ1v) is 11.6. The van der Waals surface area contributed by atoms with E-state index in [-0.39, 0.29) is 18.2 Å². The molecule has 0 radical (unpaired) electrons. The van der Waals surface area contributed by atoms with E-state index in [0.717, 1.165) is 12.2 Å². The maximum absolute atomic E-state index is 12.9. The predicted molar refractivity (Wildman–Crippen MR) is 127 cm³/mol. The molecule has 1 aliphatic heterocycles. The van der Waals surface area contributed by atoms with Crippen molar-refractivity contribution in [2.24, 2.45) is 0 Å². The molecule has 2 heterocycles. The minimum absolute atomic E-state index is 0.00582. The minimum Gasteiger partial charge on any atom is -0.494 e. The van der Waals surface area contributed by atoms with Crippen molar-refractivity contribution in [2.75, 3.05) is 18.5 Å². The van der Waals surface area contributed by atoms with E-state index in [9.17, 15) is 9.59 Å². The van der Waals surface area contributed by atoms with Crippen molar-refractivity contribution < 1.29 is 18.7 Å². The Morgan fingerprint density at radius 3 is 2.59 bits per heavy atom. The van der Waals surface area contributed by atoms with E-state index in [2.05, 4.69) is 12.2 Å². The molecule has 7 nitrogen and oxygen atoms in total. The molecule has 0 bridgehead atoms. The van der Waals surface area contributed by atoms with E-state index in [1.165, 1.54) is 24.2 Å². The van der Waals surface area contributed by atoms with Crippen LogP contribution >= 0.6 is 12.2 Å². The van der Waals surface area contributed by atoms with Crippen LogP contribution in [0.25, 0.3) is 0 Å². The van der Waals surface area contributed by atoms with Gasteiger partial charge < -0.3 is 19.4 Å². The van der Waals surface area contributed by atoms with Crippen LogP contribution in [-0.4, -0.2) is 45.9 Å². The van der Waals surface area contributed by atoms with Gasteiger partial charge in [0.1, 0.15) is 17.6 Å². The molecule has 1 aliphatic rings. The van der Waals surface area contributed by atoms with Crippen molar-refractivity contribution in [3.05, 3.63) is 48.4 Å². The van der Waals surface area contributed by atoms with Gasteiger partial charge in [-0.15, -0.1) is 0 Å². The Labute approximate surface area is 194 Å². The summed E-state index contributed by atoms with van der Waals surface area (Å²) in [6, 6.07) is 10.2. The number of amides is 2. The Kier molecular flexibility index (Phi) is 8.67. The van der Waals surface area contributed by atoms with Crippen LogP contribution in [0.3, 0.4) is 0 Å². The smallest absolute Gasteiger partial charge is 0.252 e.